The van der Waals surface area contributed by atoms with Crippen LogP contribution in [0.15, 0.2) is 47.4 Å². The molecular formula is C21H15Cl2NO6S. The number of rotatable bonds is 6. The zero-order valence-corrected chi connectivity index (χ0v) is 18.4. The van der Waals surface area contributed by atoms with Crippen LogP contribution in [0.5, 0.6) is 5.75 Å². The lowest BCUT2D eigenvalue weighted by Crippen LogP contribution is -2.34. The van der Waals surface area contributed by atoms with Gasteiger partial charge in [0.25, 0.3) is 11.1 Å². The smallest absolute Gasteiger partial charge is 0.345 e. The van der Waals surface area contributed by atoms with E-state index >= 15 is 0 Å². The number of ether oxygens (including phenoxy) is 2. The lowest BCUT2D eigenvalue weighted by molar-refractivity contribution is -0.145. The molecule has 1 aliphatic heterocycles. The van der Waals surface area contributed by atoms with Crippen molar-refractivity contribution in [3.8, 4) is 5.75 Å². The summed E-state index contributed by atoms with van der Waals surface area (Å²) in [4.78, 5) is 49.3. The van der Waals surface area contributed by atoms with Crippen LogP contribution < -0.4 is 4.74 Å². The molecule has 160 valence electrons. The highest BCUT2D eigenvalue weighted by Crippen LogP contribution is 2.32. The molecule has 1 fully saturated rings. The number of hydrogen-bond acceptors (Lipinski definition) is 7. The number of thioether (sulfide) groups is 1. The third kappa shape index (κ3) is 5.66. The third-order valence-electron chi connectivity index (χ3n) is 4.01. The Morgan fingerprint density at radius 3 is 2.45 bits per heavy atom. The second-order valence-corrected chi connectivity index (χ2v) is 7.99. The molecule has 31 heavy (non-hydrogen) atoms. The molecule has 2 amide bonds. The Balaban J connectivity index is 1.68. The molecule has 0 aliphatic carbocycles. The van der Waals surface area contributed by atoms with E-state index in [4.69, 9.17) is 32.7 Å². The van der Waals surface area contributed by atoms with Crippen molar-refractivity contribution in [3.05, 3.63) is 68.5 Å². The van der Waals surface area contributed by atoms with E-state index in [0.717, 1.165) is 16.7 Å². The first-order valence-corrected chi connectivity index (χ1v) is 10.5. The van der Waals surface area contributed by atoms with Crippen molar-refractivity contribution in [2.75, 3.05) is 13.2 Å². The SMILES string of the molecule is CCOC(=O)CN1C(=O)S/C(=C\c2ccc(OC(=O)c3ccc(Cl)cc3Cl)cc2)C1=O. The number of benzene rings is 2. The highest BCUT2D eigenvalue weighted by molar-refractivity contribution is 8.18. The topological polar surface area (TPSA) is 90.0 Å². The molecule has 0 spiro atoms. The molecule has 0 atom stereocenters. The maximum Gasteiger partial charge on any atom is 0.345 e. The van der Waals surface area contributed by atoms with E-state index in [1.807, 2.05) is 0 Å². The number of carbonyl (C=O) groups is 4. The van der Waals surface area contributed by atoms with E-state index in [9.17, 15) is 19.2 Å². The van der Waals surface area contributed by atoms with Gasteiger partial charge in [-0.3, -0.25) is 19.3 Å². The maximum absolute atomic E-state index is 12.4. The second kappa shape index (κ2) is 10.00. The van der Waals surface area contributed by atoms with Gasteiger partial charge < -0.3 is 9.47 Å². The van der Waals surface area contributed by atoms with Crippen LogP contribution in [0.25, 0.3) is 6.08 Å². The van der Waals surface area contributed by atoms with Gasteiger partial charge in [-0.05, 0) is 60.7 Å². The Morgan fingerprint density at radius 2 is 1.81 bits per heavy atom. The average Bonchev–Trinajstić information content (AvgIpc) is 2.97. The van der Waals surface area contributed by atoms with Crippen LogP contribution in [-0.2, 0) is 14.3 Å². The van der Waals surface area contributed by atoms with Crippen molar-refractivity contribution in [2.45, 2.75) is 6.92 Å². The van der Waals surface area contributed by atoms with Crippen LogP contribution in [0, 0.1) is 0 Å². The van der Waals surface area contributed by atoms with Gasteiger partial charge in [0, 0.05) is 5.02 Å². The molecule has 3 rings (SSSR count). The van der Waals surface area contributed by atoms with Crippen LogP contribution in [-0.4, -0.2) is 41.1 Å². The van der Waals surface area contributed by atoms with Gasteiger partial charge in [-0.1, -0.05) is 35.3 Å². The number of halogens is 2. The normalized spacial score (nSPS) is 14.8. The highest BCUT2D eigenvalue weighted by atomic mass is 35.5. The lowest BCUT2D eigenvalue weighted by atomic mass is 10.2. The van der Waals surface area contributed by atoms with E-state index in [1.165, 1.54) is 36.4 Å². The molecular weight excluding hydrogens is 465 g/mol. The lowest BCUT2D eigenvalue weighted by Gasteiger charge is -2.10. The first-order valence-electron chi connectivity index (χ1n) is 8.96. The van der Waals surface area contributed by atoms with Crippen LogP contribution in [0.4, 0.5) is 4.79 Å². The van der Waals surface area contributed by atoms with Gasteiger partial charge in [0.1, 0.15) is 12.3 Å². The molecule has 1 aliphatic rings. The fourth-order valence-electron chi connectivity index (χ4n) is 2.57. The Morgan fingerprint density at radius 1 is 1.10 bits per heavy atom. The molecule has 2 aromatic rings. The summed E-state index contributed by atoms with van der Waals surface area (Å²) in [6.07, 6.45) is 1.51. The minimum atomic E-state index is -0.655. The van der Waals surface area contributed by atoms with E-state index < -0.39 is 29.6 Å². The third-order valence-corrected chi connectivity index (χ3v) is 5.46. The van der Waals surface area contributed by atoms with Crippen molar-refractivity contribution in [1.29, 1.82) is 0 Å². The van der Waals surface area contributed by atoms with Crippen molar-refractivity contribution in [1.82, 2.24) is 4.90 Å². The number of hydrogen-bond donors (Lipinski definition) is 0. The van der Waals surface area contributed by atoms with Crippen LogP contribution in [0.2, 0.25) is 10.0 Å². The van der Waals surface area contributed by atoms with Crippen molar-refractivity contribution >= 4 is 64.1 Å². The summed E-state index contributed by atoms with van der Waals surface area (Å²) in [5.41, 5.74) is 0.774. The molecule has 0 saturated carbocycles. The Labute approximate surface area is 191 Å². The molecule has 1 saturated heterocycles. The van der Waals surface area contributed by atoms with Gasteiger partial charge in [0.05, 0.1) is 22.1 Å². The minimum Gasteiger partial charge on any atom is -0.465 e. The van der Waals surface area contributed by atoms with Gasteiger partial charge in [-0.25, -0.2) is 4.79 Å². The molecule has 0 unspecified atom stereocenters. The molecule has 0 N–H and O–H groups in total. The second-order valence-electron chi connectivity index (χ2n) is 6.16. The monoisotopic (exact) mass is 479 g/mol. The predicted octanol–water partition coefficient (Wildman–Crippen LogP) is 4.81. The first-order chi connectivity index (χ1) is 14.8. The van der Waals surface area contributed by atoms with Crippen molar-refractivity contribution in [3.63, 3.8) is 0 Å². The number of amides is 2. The molecule has 0 bridgehead atoms. The summed E-state index contributed by atoms with van der Waals surface area (Å²) in [6, 6.07) is 10.7. The Kier molecular flexibility index (Phi) is 7.37. The number of carbonyl (C=O) groups excluding carboxylic acids is 4. The molecule has 0 radical (unpaired) electrons. The number of nitrogens with zero attached hydrogens (tertiary/aromatic N) is 1. The summed E-state index contributed by atoms with van der Waals surface area (Å²) in [6.45, 7) is 1.36. The zero-order chi connectivity index (χ0) is 22.5. The van der Waals surface area contributed by atoms with E-state index in [1.54, 1.807) is 19.1 Å². The number of imide groups is 1. The highest BCUT2D eigenvalue weighted by Gasteiger charge is 2.36. The van der Waals surface area contributed by atoms with Gasteiger partial charge in [-0.2, -0.15) is 0 Å². The summed E-state index contributed by atoms with van der Waals surface area (Å²) < 4.78 is 10.1. The Hall–Kier alpha value is -2.81. The fraction of sp³-hybridized carbons (Fsp3) is 0.143. The van der Waals surface area contributed by atoms with Gasteiger partial charge >= 0.3 is 11.9 Å². The predicted molar refractivity (Wildman–Crippen MR) is 117 cm³/mol. The fourth-order valence-corrected chi connectivity index (χ4v) is 3.90. The number of esters is 2. The largest absolute Gasteiger partial charge is 0.465 e. The van der Waals surface area contributed by atoms with Crippen molar-refractivity contribution in [2.24, 2.45) is 0 Å². The minimum absolute atomic E-state index is 0.159. The van der Waals surface area contributed by atoms with Crippen LogP contribution in [0.3, 0.4) is 0 Å². The van der Waals surface area contributed by atoms with Crippen LogP contribution >= 0.6 is 35.0 Å². The summed E-state index contributed by atoms with van der Waals surface area (Å²) >= 11 is 12.6. The molecule has 7 nitrogen and oxygen atoms in total. The molecule has 0 aromatic heterocycles. The van der Waals surface area contributed by atoms with E-state index in [-0.39, 0.29) is 27.8 Å². The maximum atomic E-state index is 12.4. The molecule has 1 heterocycles. The average molecular weight is 480 g/mol. The quantitative estimate of drug-likeness (QED) is 0.333. The molecule has 10 heteroatoms. The Bertz CT molecular complexity index is 1080. The summed E-state index contributed by atoms with van der Waals surface area (Å²) in [7, 11) is 0. The summed E-state index contributed by atoms with van der Waals surface area (Å²) in [5, 5.41) is 0.0277. The standard InChI is InChI=1S/C21H15Cl2NO6S/c1-2-29-18(25)11-24-19(26)17(31-21(24)28)9-12-3-6-14(7-4-12)30-20(27)15-8-5-13(22)10-16(15)23/h3-10H,2,11H2,1H3/b17-9-. The van der Waals surface area contributed by atoms with Crippen LogP contribution in [0.1, 0.15) is 22.8 Å². The zero-order valence-electron chi connectivity index (χ0n) is 16.1. The van der Waals surface area contributed by atoms with E-state index in [0.29, 0.717) is 10.6 Å². The summed E-state index contributed by atoms with van der Waals surface area (Å²) in [5.74, 6) is -1.60. The molecule has 2 aromatic carbocycles. The van der Waals surface area contributed by atoms with Gasteiger partial charge in [-0.15, -0.1) is 0 Å². The van der Waals surface area contributed by atoms with Crippen molar-refractivity contribution < 1.29 is 28.7 Å². The first kappa shape index (κ1) is 22.9. The van der Waals surface area contributed by atoms with Gasteiger partial charge in [0.15, 0.2) is 0 Å². The van der Waals surface area contributed by atoms with E-state index in [2.05, 4.69) is 0 Å². The van der Waals surface area contributed by atoms with Gasteiger partial charge in [0.2, 0.25) is 0 Å².